The highest BCUT2D eigenvalue weighted by Gasteiger charge is 2.31. The van der Waals surface area contributed by atoms with Gasteiger partial charge in [-0.3, -0.25) is 14.5 Å². The molecular weight excluding hydrogens is 775 g/mol. The van der Waals surface area contributed by atoms with Gasteiger partial charge in [-0.1, -0.05) is 42.5 Å². The summed E-state index contributed by atoms with van der Waals surface area (Å²) in [6, 6.07) is 22.4. The lowest BCUT2D eigenvalue weighted by Gasteiger charge is -2.36. The number of nitrogens with one attached hydrogen (secondary N) is 4. The van der Waals surface area contributed by atoms with E-state index in [0.29, 0.717) is 53.6 Å². The molecule has 306 valence electrons. The van der Waals surface area contributed by atoms with Crippen molar-refractivity contribution in [1.29, 1.82) is 0 Å². The van der Waals surface area contributed by atoms with Crippen LogP contribution in [-0.2, 0) is 15.3 Å². The first kappa shape index (κ1) is 42.1. The van der Waals surface area contributed by atoms with Crippen LogP contribution in [-0.4, -0.2) is 104 Å². The van der Waals surface area contributed by atoms with Gasteiger partial charge in [-0.05, 0) is 55.7 Å². The minimum absolute atomic E-state index is 0.00754. The van der Waals surface area contributed by atoms with Crippen LogP contribution < -0.4 is 42.4 Å². The summed E-state index contributed by atoms with van der Waals surface area (Å²) in [6.45, 7) is 6.40. The highest BCUT2D eigenvalue weighted by atomic mass is 32.2. The molecule has 0 bridgehead atoms. The number of benzene rings is 3. The summed E-state index contributed by atoms with van der Waals surface area (Å²) in [4.78, 5) is 56.5. The van der Waals surface area contributed by atoms with Gasteiger partial charge in [0.25, 0.3) is 5.91 Å². The van der Waals surface area contributed by atoms with Crippen LogP contribution in [0.15, 0.2) is 88.2 Å². The SMILES string of the molecule is Cc1cccc(NC(=O)NC2N=C(c3cccc(OCCN4CCNCC4CCCC(=O)NCCSCc4csc(N=C(N)N)n4)c3)c3ccccc3N(C)C2=O)c1. The normalized spacial score (nSPS) is 16.8. The minimum Gasteiger partial charge on any atom is -0.492 e. The van der Waals surface area contributed by atoms with Crippen molar-refractivity contribution in [2.24, 2.45) is 21.5 Å². The van der Waals surface area contributed by atoms with Crippen LogP contribution in [0.5, 0.6) is 5.75 Å². The lowest BCUT2D eigenvalue weighted by molar-refractivity contribution is -0.121. The van der Waals surface area contributed by atoms with E-state index in [9.17, 15) is 14.4 Å². The fourth-order valence-electron chi connectivity index (χ4n) is 6.81. The molecule has 1 saturated heterocycles. The van der Waals surface area contributed by atoms with Gasteiger partial charge in [0.05, 0.1) is 17.1 Å². The van der Waals surface area contributed by atoms with Gasteiger partial charge in [-0.15, -0.1) is 11.3 Å². The number of hydrogen-bond donors (Lipinski definition) is 6. The van der Waals surface area contributed by atoms with Crippen LogP contribution in [0.1, 0.15) is 41.6 Å². The Labute approximate surface area is 347 Å². The number of nitrogens with zero attached hydrogens (tertiary/aromatic N) is 5. The van der Waals surface area contributed by atoms with E-state index in [2.05, 4.69) is 36.1 Å². The van der Waals surface area contributed by atoms with Crippen molar-refractivity contribution in [3.05, 3.63) is 101 Å². The summed E-state index contributed by atoms with van der Waals surface area (Å²) < 4.78 is 6.31. The zero-order valence-electron chi connectivity index (χ0n) is 32.8. The number of amides is 4. The van der Waals surface area contributed by atoms with Crippen LogP contribution in [0.4, 0.5) is 21.3 Å². The topological polar surface area (TPSA) is 205 Å². The molecule has 8 N–H and O–H groups in total. The number of carbonyl (C=O) groups is 3. The third-order valence-electron chi connectivity index (χ3n) is 9.64. The molecule has 2 aliphatic rings. The molecule has 17 heteroatoms. The fourth-order valence-corrected chi connectivity index (χ4v) is 8.37. The predicted octanol–water partition coefficient (Wildman–Crippen LogP) is 4.19. The lowest BCUT2D eigenvalue weighted by atomic mass is 10.00. The number of aryl methyl sites for hydroxylation is 1. The number of piperazine rings is 1. The van der Waals surface area contributed by atoms with Crippen molar-refractivity contribution >= 4 is 69.1 Å². The molecule has 0 spiro atoms. The van der Waals surface area contributed by atoms with E-state index in [1.807, 2.05) is 79.0 Å². The number of nitrogens with two attached hydrogens (primary N) is 2. The van der Waals surface area contributed by atoms with Crippen LogP contribution in [0.25, 0.3) is 0 Å². The molecule has 2 unspecified atom stereocenters. The van der Waals surface area contributed by atoms with Gasteiger partial charge in [0, 0.05) is 85.9 Å². The fraction of sp³-hybridized carbons (Fsp3) is 0.366. The van der Waals surface area contributed by atoms with Crippen molar-refractivity contribution in [3.63, 3.8) is 0 Å². The molecular formula is C41H51N11O4S2. The molecule has 1 fully saturated rings. The minimum atomic E-state index is -1.16. The van der Waals surface area contributed by atoms with Crippen molar-refractivity contribution < 1.29 is 19.1 Å². The first-order chi connectivity index (χ1) is 28.1. The summed E-state index contributed by atoms with van der Waals surface area (Å²) in [5.74, 6) is 1.88. The van der Waals surface area contributed by atoms with Gasteiger partial charge in [0.15, 0.2) is 5.96 Å². The molecule has 0 radical (unpaired) electrons. The summed E-state index contributed by atoms with van der Waals surface area (Å²) >= 11 is 3.09. The van der Waals surface area contributed by atoms with Crippen molar-refractivity contribution in [3.8, 4) is 5.75 Å². The number of aromatic nitrogens is 1. The van der Waals surface area contributed by atoms with Gasteiger partial charge < -0.3 is 42.4 Å². The maximum atomic E-state index is 13.7. The predicted molar refractivity (Wildman–Crippen MR) is 233 cm³/mol. The molecule has 0 saturated carbocycles. The zero-order valence-corrected chi connectivity index (χ0v) is 34.4. The Balaban J connectivity index is 0.993. The third kappa shape index (κ3) is 12.0. The molecule has 2 aliphatic heterocycles. The molecule has 58 heavy (non-hydrogen) atoms. The first-order valence-corrected chi connectivity index (χ1v) is 21.3. The molecule has 3 aromatic carbocycles. The Morgan fingerprint density at radius 3 is 2.79 bits per heavy atom. The second-order valence-corrected chi connectivity index (χ2v) is 15.9. The number of rotatable bonds is 17. The van der Waals surface area contributed by atoms with E-state index < -0.39 is 12.2 Å². The van der Waals surface area contributed by atoms with Gasteiger partial charge in [0.2, 0.25) is 17.2 Å². The maximum Gasteiger partial charge on any atom is 0.321 e. The van der Waals surface area contributed by atoms with Gasteiger partial charge in [-0.2, -0.15) is 16.8 Å². The largest absolute Gasteiger partial charge is 0.492 e. The molecule has 15 nitrogen and oxygen atoms in total. The Morgan fingerprint density at radius 1 is 1.10 bits per heavy atom. The summed E-state index contributed by atoms with van der Waals surface area (Å²) in [6.07, 6.45) is 1.01. The maximum absolute atomic E-state index is 13.7. The van der Waals surface area contributed by atoms with Crippen molar-refractivity contribution in [1.82, 2.24) is 25.8 Å². The van der Waals surface area contributed by atoms with Crippen molar-refractivity contribution in [2.45, 2.75) is 44.1 Å². The quantitative estimate of drug-likeness (QED) is 0.0509. The van der Waals surface area contributed by atoms with Gasteiger partial charge >= 0.3 is 6.03 Å². The molecule has 2 atom stereocenters. The van der Waals surface area contributed by atoms with Crippen molar-refractivity contribution in [2.75, 3.05) is 62.3 Å². The van der Waals surface area contributed by atoms with Crippen LogP contribution >= 0.6 is 23.1 Å². The number of fused-ring (bicyclic) bond motifs is 1. The van der Waals surface area contributed by atoms with Gasteiger partial charge in [0.1, 0.15) is 12.4 Å². The molecule has 0 aliphatic carbocycles. The average molecular weight is 826 g/mol. The summed E-state index contributed by atoms with van der Waals surface area (Å²) in [7, 11) is 1.69. The number of guanidine groups is 1. The highest BCUT2D eigenvalue weighted by Crippen LogP contribution is 2.29. The van der Waals surface area contributed by atoms with E-state index in [4.69, 9.17) is 21.2 Å². The Bertz CT molecular complexity index is 2100. The van der Waals surface area contributed by atoms with Crippen LogP contribution in [0.3, 0.4) is 0 Å². The number of hydrogen-bond acceptors (Lipinski definition) is 11. The standard InChI is InChI=1S/C41H51N11O4S2/c1-27-8-5-10-29(22-27)46-40(55)49-37-38(54)51(2)34-14-4-3-13-33(34)36(48-37)28-9-6-12-32(23-28)56-20-19-52-18-16-44-24-31(52)11-7-15-35(53)45-17-21-57-25-30-26-58-41(47-30)50-39(42)43/h3-6,8-10,12-14,22-23,26,31,37,44H,7,11,15-21,24-25H2,1-2H3,(H,45,53)(H2,46,49,55)(H4,42,43,47,50). The number of thioether (sulfide) groups is 1. The number of anilines is 2. The highest BCUT2D eigenvalue weighted by molar-refractivity contribution is 7.98. The Morgan fingerprint density at radius 2 is 1.95 bits per heavy atom. The monoisotopic (exact) mass is 825 g/mol. The van der Waals surface area contributed by atoms with E-state index in [1.165, 1.54) is 16.2 Å². The number of para-hydroxylation sites is 1. The smallest absolute Gasteiger partial charge is 0.321 e. The second kappa shape index (κ2) is 20.8. The second-order valence-electron chi connectivity index (χ2n) is 14.0. The number of ether oxygens (including phenoxy) is 1. The number of thiazole rings is 1. The zero-order chi connectivity index (χ0) is 40.9. The lowest BCUT2D eigenvalue weighted by Crippen LogP contribution is -2.52. The van der Waals surface area contributed by atoms with Crippen LogP contribution in [0, 0.1) is 6.92 Å². The number of benzodiazepines with no additional fused rings is 1. The number of urea groups is 1. The number of aliphatic imine (C=N–C) groups is 2. The van der Waals surface area contributed by atoms with E-state index in [0.717, 1.165) is 72.9 Å². The van der Waals surface area contributed by atoms with E-state index >= 15 is 0 Å². The molecule has 1 aromatic heterocycles. The number of likely N-dealkylation sites (N-methyl/N-ethyl adjacent to an activating group) is 1. The Hall–Kier alpha value is -5.49. The number of carbonyl (C=O) groups excluding carboxylic acids is 3. The average Bonchev–Trinajstić information content (AvgIpc) is 3.62. The molecule has 4 aromatic rings. The van der Waals surface area contributed by atoms with Crippen LogP contribution in [0.2, 0.25) is 0 Å². The van der Waals surface area contributed by atoms with Gasteiger partial charge in [-0.25, -0.2) is 14.8 Å². The van der Waals surface area contributed by atoms with E-state index in [-0.39, 0.29) is 17.8 Å². The first-order valence-electron chi connectivity index (χ1n) is 19.3. The molecule has 3 heterocycles. The summed E-state index contributed by atoms with van der Waals surface area (Å²) in [5, 5.41) is 14.6. The summed E-state index contributed by atoms with van der Waals surface area (Å²) in [5.41, 5.74) is 16.1. The van der Waals surface area contributed by atoms with E-state index in [1.54, 1.807) is 24.9 Å². The molecule has 6 rings (SSSR count). The third-order valence-corrected chi connectivity index (χ3v) is 11.4. The molecule has 4 amide bonds. The Kier molecular flexibility index (Phi) is 15.1.